The molecule has 0 aromatic heterocycles. The number of hydrogen-bond acceptors (Lipinski definition) is 3. The van der Waals surface area contributed by atoms with Gasteiger partial charge in [-0.25, -0.2) is 0 Å². The normalized spacial score (nSPS) is 11.6. The number of carboxylic acids is 1. The van der Waals surface area contributed by atoms with Crippen LogP contribution in [-0.4, -0.2) is 59.5 Å². The molecule has 0 rings (SSSR count). The van der Waals surface area contributed by atoms with Gasteiger partial charge in [-0.15, -0.1) is 0 Å². The van der Waals surface area contributed by atoms with E-state index in [1.165, 1.54) is 4.90 Å². The molecular weight excluding hydrogens is 196 g/mol. The molecule has 0 spiro atoms. The third kappa shape index (κ3) is 5.37. The first-order valence-corrected chi connectivity index (χ1v) is 4.81. The molecule has 0 aliphatic carbocycles. The Hall–Kier alpha value is -1.10. The molecule has 0 aromatic rings. The number of carboxylic acid groups (broad SMARTS) is 1. The van der Waals surface area contributed by atoms with Gasteiger partial charge in [0.15, 0.2) is 0 Å². The summed E-state index contributed by atoms with van der Waals surface area (Å²) >= 11 is 0. The smallest absolute Gasteiger partial charge is 0.317 e. The van der Waals surface area contributed by atoms with Crippen LogP contribution in [0.3, 0.4) is 0 Å². The predicted octanol–water partition coefficient (Wildman–Crippen LogP) is 0.260. The molecule has 5 heteroatoms. The minimum Gasteiger partial charge on any atom is -0.480 e. The molecular formula is C10H20N2O3. The van der Waals surface area contributed by atoms with E-state index in [-0.39, 0.29) is 24.5 Å². The Kier molecular flexibility index (Phi) is 4.74. The van der Waals surface area contributed by atoms with E-state index < -0.39 is 5.97 Å². The second kappa shape index (κ2) is 5.11. The van der Waals surface area contributed by atoms with Crippen LogP contribution < -0.4 is 0 Å². The zero-order chi connectivity index (χ0) is 12.2. The molecule has 0 fully saturated rings. The fourth-order valence-electron chi connectivity index (χ4n) is 0.998. The summed E-state index contributed by atoms with van der Waals surface area (Å²) in [6, 6.07) is 0. The molecule has 0 saturated carbocycles. The van der Waals surface area contributed by atoms with Crippen LogP contribution in [0.4, 0.5) is 0 Å². The van der Waals surface area contributed by atoms with Gasteiger partial charge in [0.05, 0.1) is 13.1 Å². The number of amides is 1. The van der Waals surface area contributed by atoms with Gasteiger partial charge >= 0.3 is 5.97 Å². The standard InChI is InChI=1S/C10H20N2O3/c1-10(2,3)12(7-9(14)15)6-8(13)11(4)5/h6-7H2,1-5H3,(H,14,15). The van der Waals surface area contributed by atoms with E-state index in [1.54, 1.807) is 19.0 Å². The van der Waals surface area contributed by atoms with Crippen molar-refractivity contribution in [3.05, 3.63) is 0 Å². The Bertz CT molecular complexity index is 244. The summed E-state index contributed by atoms with van der Waals surface area (Å²) in [5.41, 5.74) is -0.329. The number of carbonyl (C=O) groups is 2. The molecule has 5 nitrogen and oxygen atoms in total. The largest absolute Gasteiger partial charge is 0.480 e. The van der Waals surface area contributed by atoms with Crippen molar-refractivity contribution in [1.82, 2.24) is 9.80 Å². The number of likely N-dealkylation sites (N-methyl/N-ethyl adjacent to an activating group) is 1. The first kappa shape index (κ1) is 13.9. The average molecular weight is 216 g/mol. The Morgan fingerprint density at radius 1 is 1.13 bits per heavy atom. The van der Waals surface area contributed by atoms with Crippen LogP contribution >= 0.6 is 0 Å². The summed E-state index contributed by atoms with van der Waals surface area (Å²) in [4.78, 5) is 25.2. The lowest BCUT2D eigenvalue weighted by Gasteiger charge is -2.34. The summed E-state index contributed by atoms with van der Waals surface area (Å²) in [7, 11) is 3.31. The molecule has 15 heavy (non-hydrogen) atoms. The Morgan fingerprint density at radius 2 is 1.60 bits per heavy atom. The van der Waals surface area contributed by atoms with E-state index in [2.05, 4.69) is 0 Å². The van der Waals surface area contributed by atoms with Crippen molar-refractivity contribution in [1.29, 1.82) is 0 Å². The highest BCUT2D eigenvalue weighted by molar-refractivity contribution is 5.78. The van der Waals surface area contributed by atoms with Crippen molar-refractivity contribution in [3.63, 3.8) is 0 Å². The maximum Gasteiger partial charge on any atom is 0.317 e. The van der Waals surface area contributed by atoms with Gasteiger partial charge in [0.1, 0.15) is 0 Å². The van der Waals surface area contributed by atoms with Crippen LogP contribution in [0.15, 0.2) is 0 Å². The van der Waals surface area contributed by atoms with Crippen molar-refractivity contribution in [2.24, 2.45) is 0 Å². The summed E-state index contributed by atoms with van der Waals surface area (Å²) in [6.45, 7) is 5.67. The van der Waals surface area contributed by atoms with Gasteiger partial charge in [0.2, 0.25) is 5.91 Å². The zero-order valence-electron chi connectivity index (χ0n) is 10.1. The molecule has 1 N–H and O–H groups in total. The second-order valence-electron chi connectivity index (χ2n) is 4.71. The number of carbonyl (C=O) groups excluding carboxylic acids is 1. The molecule has 0 heterocycles. The maximum atomic E-state index is 11.5. The van der Waals surface area contributed by atoms with E-state index in [0.29, 0.717) is 0 Å². The van der Waals surface area contributed by atoms with Gasteiger partial charge in [-0.05, 0) is 20.8 Å². The van der Waals surface area contributed by atoms with E-state index in [1.807, 2.05) is 20.8 Å². The van der Waals surface area contributed by atoms with Gasteiger partial charge in [-0.2, -0.15) is 0 Å². The molecule has 0 bridgehead atoms. The van der Waals surface area contributed by atoms with Gasteiger partial charge in [0, 0.05) is 19.6 Å². The monoisotopic (exact) mass is 216 g/mol. The minimum absolute atomic E-state index is 0.0915. The van der Waals surface area contributed by atoms with Crippen LogP contribution in [0.2, 0.25) is 0 Å². The lowest BCUT2D eigenvalue weighted by molar-refractivity contribution is -0.141. The quantitative estimate of drug-likeness (QED) is 0.732. The SMILES string of the molecule is CN(C)C(=O)CN(CC(=O)O)C(C)(C)C. The van der Waals surface area contributed by atoms with Gasteiger partial charge in [-0.3, -0.25) is 14.5 Å². The van der Waals surface area contributed by atoms with Crippen molar-refractivity contribution in [3.8, 4) is 0 Å². The summed E-state index contributed by atoms with van der Waals surface area (Å²) in [5, 5.41) is 8.73. The lowest BCUT2D eigenvalue weighted by Crippen LogP contribution is -2.49. The Balaban J connectivity index is 4.52. The third-order valence-corrected chi connectivity index (χ3v) is 2.10. The molecule has 0 unspecified atom stereocenters. The first-order chi connectivity index (χ1) is 6.64. The zero-order valence-corrected chi connectivity index (χ0v) is 10.1. The Labute approximate surface area is 90.7 Å². The van der Waals surface area contributed by atoms with Crippen molar-refractivity contribution in [2.45, 2.75) is 26.3 Å². The van der Waals surface area contributed by atoms with Gasteiger partial charge in [0.25, 0.3) is 0 Å². The molecule has 0 atom stereocenters. The van der Waals surface area contributed by atoms with Crippen LogP contribution in [0.1, 0.15) is 20.8 Å². The summed E-state index contributed by atoms with van der Waals surface area (Å²) < 4.78 is 0. The highest BCUT2D eigenvalue weighted by Gasteiger charge is 2.25. The summed E-state index contributed by atoms with van der Waals surface area (Å²) in [5.74, 6) is -1.01. The molecule has 1 amide bonds. The van der Waals surface area contributed by atoms with E-state index in [9.17, 15) is 9.59 Å². The van der Waals surface area contributed by atoms with Crippen molar-refractivity contribution >= 4 is 11.9 Å². The predicted molar refractivity (Wildman–Crippen MR) is 57.7 cm³/mol. The molecule has 0 saturated heterocycles. The topological polar surface area (TPSA) is 60.9 Å². The molecule has 0 aliphatic heterocycles. The molecule has 0 radical (unpaired) electrons. The van der Waals surface area contributed by atoms with Gasteiger partial charge < -0.3 is 10.0 Å². The summed E-state index contributed by atoms with van der Waals surface area (Å²) in [6.07, 6.45) is 0. The highest BCUT2D eigenvalue weighted by atomic mass is 16.4. The average Bonchev–Trinajstić information content (AvgIpc) is 2.00. The van der Waals surface area contributed by atoms with E-state index >= 15 is 0 Å². The molecule has 88 valence electrons. The maximum absolute atomic E-state index is 11.5. The number of hydrogen-bond donors (Lipinski definition) is 1. The third-order valence-electron chi connectivity index (χ3n) is 2.10. The number of aliphatic carboxylic acids is 1. The molecule has 0 aliphatic rings. The van der Waals surface area contributed by atoms with Crippen molar-refractivity contribution in [2.75, 3.05) is 27.2 Å². The van der Waals surface area contributed by atoms with Crippen LogP contribution in [0.25, 0.3) is 0 Å². The van der Waals surface area contributed by atoms with E-state index in [0.717, 1.165) is 0 Å². The number of nitrogens with zero attached hydrogens (tertiary/aromatic N) is 2. The fraction of sp³-hybridized carbons (Fsp3) is 0.800. The Morgan fingerprint density at radius 3 is 1.87 bits per heavy atom. The number of rotatable bonds is 4. The minimum atomic E-state index is -0.920. The van der Waals surface area contributed by atoms with Crippen LogP contribution in [0.5, 0.6) is 0 Å². The van der Waals surface area contributed by atoms with Gasteiger partial charge in [-0.1, -0.05) is 0 Å². The first-order valence-electron chi connectivity index (χ1n) is 4.81. The second-order valence-corrected chi connectivity index (χ2v) is 4.71. The fourth-order valence-corrected chi connectivity index (χ4v) is 0.998. The van der Waals surface area contributed by atoms with Crippen LogP contribution in [-0.2, 0) is 9.59 Å². The molecule has 0 aromatic carbocycles. The highest BCUT2D eigenvalue weighted by Crippen LogP contribution is 2.12. The lowest BCUT2D eigenvalue weighted by atomic mass is 10.1. The van der Waals surface area contributed by atoms with Crippen molar-refractivity contribution < 1.29 is 14.7 Å². The van der Waals surface area contributed by atoms with E-state index in [4.69, 9.17) is 5.11 Å². The van der Waals surface area contributed by atoms with Crippen LogP contribution in [0, 0.1) is 0 Å².